The van der Waals surface area contributed by atoms with Crippen molar-refractivity contribution in [2.24, 2.45) is 0 Å². The number of aryl methyl sites for hydroxylation is 1. The molecule has 13 heavy (non-hydrogen) atoms. The number of carbonyl (C=O) groups is 1. The highest BCUT2D eigenvalue weighted by atomic mass is 16.1. The van der Waals surface area contributed by atoms with Crippen molar-refractivity contribution in [3.63, 3.8) is 0 Å². The van der Waals surface area contributed by atoms with Crippen molar-refractivity contribution in [2.45, 2.75) is 19.8 Å². The molecule has 2 heteroatoms. The lowest BCUT2D eigenvalue weighted by Crippen LogP contribution is -2.07. The number of rotatable bonds is 2. The summed E-state index contributed by atoms with van der Waals surface area (Å²) >= 11 is 0. The van der Waals surface area contributed by atoms with E-state index in [4.69, 9.17) is 5.26 Å². The first-order valence-corrected chi connectivity index (χ1v) is 4.12. The maximum atomic E-state index is 11.1. The lowest BCUT2D eigenvalue weighted by molar-refractivity contribution is -0.117. The highest BCUT2D eigenvalue weighted by Gasteiger charge is 2.16. The SMILES string of the molecule is CC(=O)C(C#N)c1ccccc1C. The van der Waals surface area contributed by atoms with Crippen molar-refractivity contribution in [1.29, 1.82) is 5.26 Å². The molecule has 0 aromatic heterocycles. The van der Waals surface area contributed by atoms with Crippen LogP contribution in [0.4, 0.5) is 0 Å². The van der Waals surface area contributed by atoms with Crippen LogP contribution in [0, 0.1) is 18.3 Å². The van der Waals surface area contributed by atoms with Gasteiger partial charge in [-0.3, -0.25) is 4.79 Å². The average Bonchev–Trinajstić information content (AvgIpc) is 2.09. The van der Waals surface area contributed by atoms with Crippen LogP contribution in [0.15, 0.2) is 24.3 Å². The molecule has 1 atom stereocenters. The molecule has 0 fully saturated rings. The molecule has 0 saturated heterocycles. The van der Waals surface area contributed by atoms with Crippen LogP contribution in [0.5, 0.6) is 0 Å². The third-order valence-electron chi connectivity index (χ3n) is 2.04. The number of hydrogen-bond donors (Lipinski definition) is 0. The summed E-state index contributed by atoms with van der Waals surface area (Å²) < 4.78 is 0. The summed E-state index contributed by atoms with van der Waals surface area (Å²) in [5.41, 5.74) is 1.81. The number of nitrogens with zero attached hydrogens (tertiary/aromatic N) is 1. The maximum Gasteiger partial charge on any atom is 0.151 e. The minimum Gasteiger partial charge on any atom is -0.298 e. The van der Waals surface area contributed by atoms with Crippen molar-refractivity contribution < 1.29 is 4.79 Å². The zero-order chi connectivity index (χ0) is 9.84. The third-order valence-corrected chi connectivity index (χ3v) is 2.04. The second-order valence-electron chi connectivity index (χ2n) is 3.03. The Morgan fingerprint density at radius 2 is 2.08 bits per heavy atom. The lowest BCUT2D eigenvalue weighted by atomic mass is 9.93. The highest BCUT2D eigenvalue weighted by Crippen LogP contribution is 2.19. The first kappa shape index (κ1) is 9.47. The van der Waals surface area contributed by atoms with E-state index in [0.717, 1.165) is 11.1 Å². The molecule has 0 aliphatic heterocycles. The molecule has 0 N–H and O–H groups in total. The van der Waals surface area contributed by atoms with Gasteiger partial charge in [0.15, 0.2) is 5.78 Å². The molecule has 0 radical (unpaired) electrons. The first-order valence-electron chi connectivity index (χ1n) is 4.12. The van der Waals surface area contributed by atoms with E-state index in [2.05, 4.69) is 0 Å². The van der Waals surface area contributed by atoms with Gasteiger partial charge in [-0.1, -0.05) is 24.3 Å². The fraction of sp³-hybridized carbons (Fsp3) is 0.273. The van der Waals surface area contributed by atoms with Crippen LogP contribution in [0.2, 0.25) is 0 Å². The number of Topliss-reactive ketones (excluding diaryl/α,β-unsaturated/α-hetero) is 1. The number of benzene rings is 1. The van der Waals surface area contributed by atoms with Crippen LogP contribution in [0.3, 0.4) is 0 Å². The van der Waals surface area contributed by atoms with Gasteiger partial charge < -0.3 is 0 Å². The molecule has 0 saturated carbocycles. The number of hydrogen-bond acceptors (Lipinski definition) is 2. The lowest BCUT2D eigenvalue weighted by Gasteiger charge is -2.07. The summed E-state index contributed by atoms with van der Waals surface area (Å²) in [6.07, 6.45) is 0. The Morgan fingerprint density at radius 1 is 1.46 bits per heavy atom. The van der Waals surface area contributed by atoms with Gasteiger partial charge in [0, 0.05) is 0 Å². The number of nitriles is 1. The van der Waals surface area contributed by atoms with Crippen LogP contribution in [-0.2, 0) is 4.79 Å². The summed E-state index contributed by atoms with van der Waals surface area (Å²) in [6.45, 7) is 3.35. The number of carbonyl (C=O) groups excluding carboxylic acids is 1. The standard InChI is InChI=1S/C11H11NO/c1-8-5-3-4-6-10(8)11(7-12)9(2)13/h3-6,11H,1-2H3. The molecular formula is C11H11NO. The molecule has 0 bridgehead atoms. The number of ketones is 1. The molecule has 0 spiro atoms. The highest BCUT2D eigenvalue weighted by molar-refractivity contribution is 5.86. The van der Waals surface area contributed by atoms with Gasteiger partial charge in [-0.05, 0) is 25.0 Å². The minimum atomic E-state index is -0.610. The van der Waals surface area contributed by atoms with Crippen molar-refractivity contribution in [1.82, 2.24) is 0 Å². The van der Waals surface area contributed by atoms with Gasteiger partial charge >= 0.3 is 0 Å². The fourth-order valence-electron chi connectivity index (χ4n) is 1.29. The predicted molar refractivity (Wildman–Crippen MR) is 50.2 cm³/mol. The maximum absolute atomic E-state index is 11.1. The second-order valence-corrected chi connectivity index (χ2v) is 3.03. The zero-order valence-corrected chi connectivity index (χ0v) is 7.74. The van der Waals surface area contributed by atoms with Gasteiger partial charge in [0.05, 0.1) is 6.07 Å². The quantitative estimate of drug-likeness (QED) is 0.687. The normalized spacial score (nSPS) is 11.8. The Labute approximate surface area is 77.8 Å². The molecule has 0 aliphatic carbocycles. The predicted octanol–water partition coefficient (Wildman–Crippen LogP) is 2.19. The molecule has 1 aromatic rings. The van der Waals surface area contributed by atoms with Crippen LogP contribution in [-0.4, -0.2) is 5.78 Å². The third kappa shape index (κ3) is 1.94. The Balaban J connectivity index is 3.14. The van der Waals surface area contributed by atoms with Crippen molar-refractivity contribution in [3.8, 4) is 6.07 Å². The molecule has 1 rings (SSSR count). The molecule has 0 aliphatic rings. The Kier molecular flexibility index (Phi) is 2.81. The van der Waals surface area contributed by atoms with Crippen LogP contribution in [0.1, 0.15) is 24.0 Å². The summed E-state index contributed by atoms with van der Waals surface area (Å²) in [5, 5.41) is 8.80. The average molecular weight is 173 g/mol. The minimum absolute atomic E-state index is 0.100. The van der Waals surface area contributed by atoms with E-state index in [1.165, 1.54) is 6.92 Å². The zero-order valence-electron chi connectivity index (χ0n) is 7.74. The monoisotopic (exact) mass is 173 g/mol. The summed E-state index contributed by atoms with van der Waals surface area (Å²) in [7, 11) is 0. The van der Waals surface area contributed by atoms with E-state index in [1.807, 2.05) is 37.3 Å². The van der Waals surface area contributed by atoms with Gasteiger partial charge in [-0.25, -0.2) is 0 Å². The molecule has 0 amide bonds. The van der Waals surface area contributed by atoms with Gasteiger partial charge in [0.1, 0.15) is 5.92 Å². The molecular weight excluding hydrogens is 162 g/mol. The first-order chi connectivity index (χ1) is 6.16. The van der Waals surface area contributed by atoms with E-state index in [0.29, 0.717) is 0 Å². The largest absolute Gasteiger partial charge is 0.298 e. The van der Waals surface area contributed by atoms with E-state index >= 15 is 0 Å². The van der Waals surface area contributed by atoms with E-state index in [1.54, 1.807) is 0 Å². The molecule has 2 nitrogen and oxygen atoms in total. The van der Waals surface area contributed by atoms with Gasteiger partial charge in [-0.2, -0.15) is 5.26 Å². The van der Waals surface area contributed by atoms with E-state index in [9.17, 15) is 4.79 Å². The fourth-order valence-corrected chi connectivity index (χ4v) is 1.29. The van der Waals surface area contributed by atoms with Crippen LogP contribution < -0.4 is 0 Å². The van der Waals surface area contributed by atoms with E-state index in [-0.39, 0.29) is 5.78 Å². The Bertz CT molecular complexity index is 363. The summed E-state index contributed by atoms with van der Waals surface area (Å²) in [4.78, 5) is 11.1. The van der Waals surface area contributed by atoms with Crippen LogP contribution >= 0.6 is 0 Å². The molecule has 66 valence electrons. The van der Waals surface area contributed by atoms with Crippen molar-refractivity contribution >= 4 is 5.78 Å². The van der Waals surface area contributed by atoms with Gasteiger partial charge in [-0.15, -0.1) is 0 Å². The molecule has 0 heterocycles. The topological polar surface area (TPSA) is 40.9 Å². The molecule has 1 unspecified atom stereocenters. The molecule has 1 aromatic carbocycles. The smallest absolute Gasteiger partial charge is 0.151 e. The van der Waals surface area contributed by atoms with Crippen molar-refractivity contribution in [2.75, 3.05) is 0 Å². The van der Waals surface area contributed by atoms with Gasteiger partial charge in [0.25, 0.3) is 0 Å². The van der Waals surface area contributed by atoms with Crippen molar-refractivity contribution in [3.05, 3.63) is 35.4 Å². The van der Waals surface area contributed by atoms with Crippen LogP contribution in [0.25, 0.3) is 0 Å². The van der Waals surface area contributed by atoms with E-state index < -0.39 is 5.92 Å². The second kappa shape index (κ2) is 3.86. The summed E-state index contributed by atoms with van der Waals surface area (Å²) in [5.74, 6) is -0.710. The Morgan fingerprint density at radius 3 is 2.54 bits per heavy atom. The summed E-state index contributed by atoms with van der Waals surface area (Å²) in [6, 6.07) is 9.48. The Hall–Kier alpha value is -1.62. The van der Waals surface area contributed by atoms with Gasteiger partial charge in [0.2, 0.25) is 0 Å².